The topological polar surface area (TPSA) is 77.8 Å². The summed E-state index contributed by atoms with van der Waals surface area (Å²) in [6, 6.07) is 9.15. The summed E-state index contributed by atoms with van der Waals surface area (Å²) in [5.74, 6) is 0.698. The van der Waals surface area contributed by atoms with Gasteiger partial charge in [0.05, 0.1) is 12.7 Å². The van der Waals surface area contributed by atoms with Crippen LogP contribution < -0.4 is 10.1 Å². The third kappa shape index (κ3) is 5.95. The molecule has 1 heterocycles. The quantitative estimate of drug-likeness (QED) is 0.548. The Bertz CT molecular complexity index is 722. The molecule has 0 unspecified atom stereocenters. The number of nitrogens with one attached hydrogen (secondary N) is 1. The van der Waals surface area contributed by atoms with Crippen molar-refractivity contribution in [3.63, 3.8) is 0 Å². The summed E-state index contributed by atoms with van der Waals surface area (Å²) in [7, 11) is 0. The lowest BCUT2D eigenvalue weighted by atomic mass is 9.98. The van der Waals surface area contributed by atoms with Gasteiger partial charge in [-0.15, -0.1) is 0 Å². The summed E-state index contributed by atoms with van der Waals surface area (Å²) < 4.78 is 15.7. The Morgan fingerprint density at radius 3 is 2.65 bits per heavy atom. The van der Waals surface area contributed by atoms with Gasteiger partial charge in [0, 0.05) is 6.54 Å². The summed E-state index contributed by atoms with van der Waals surface area (Å²) in [6.45, 7) is 6.99. The highest BCUT2D eigenvalue weighted by Gasteiger charge is 2.09. The summed E-state index contributed by atoms with van der Waals surface area (Å²) in [5, 5.41) is 2.59. The molecule has 0 bridgehead atoms. The maximum Gasteiger partial charge on any atom is 0.307 e. The van der Waals surface area contributed by atoms with Crippen LogP contribution in [0.4, 0.5) is 0 Å². The average molecular weight is 359 g/mol. The Balaban J connectivity index is 1.61. The number of furan rings is 1. The third-order valence-corrected chi connectivity index (χ3v) is 3.84. The minimum atomic E-state index is -0.389. The van der Waals surface area contributed by atoms with Crippen LogP contribution in [0.15, 0.2) is 41.0 Å². The number of carbonyl (C=O) groups excluding carboxylic acids is 2. The first-order valence-electron chi connectivity index (χ1n) is 8.68. The minimum Gasteiger partial charge on any atom is -0.490 e. The third-order valence-electron chi connectivity index (χ3n) is 3.84. The molecule has 0 radical (unpaired) electrons. The van der Waals surface area contributed by atoms with Gasteiger partial charge < -0.3 is 19.2 Å². The lowest BCUT2D eigenvalue weighted by molar-refractivity contribution is -0.144. The van der Waals surface area contributed by atoms with E-state index in [0.717, 1.165) is 5.75 Å². The number of hydrogen-bond acceptors (Lipinski definition) is 5. The van der Waals surface area contributed by atoms with Gasteiger partial charge in [0.1, 0.15) is 19.0 Å². The van der Waals surface area contributed by atoms with Crippen molar-refractivity contribution in [1.82, 2.24) is 5.32 Å². The van der Waals surface area contributed by atoms with E-state index in [9.17, 15) is 9.59 Å². The largest absolute Gasteiger partial charge is 0.490 e. The lowest BCUT2D eigenvalue weighted by Gasteiger charge is -2.12. The molecule has 6 nitrogen and oxygen atoms in total. The summed E-state index contributed by atoms with van der Waals surface area (Å²) in [6.07, 6.45) is 1.51. The van der Waals surface area contributed by atoms with Gasteiger partial charge in [0.15, 0.2) is 5.76 Å². The van der Waals surface area contributed by atoms with Gasteiger partial charge in [0.2, 0.25) is 0 Å². The smallest absolute Gasteiger partial charge is 0.307 e. The molecule has 140 valence electrons. The molecule has 0 aliphatic heterocycles. The molecule has 6 heteroatoms. The molecule has 2 rings (SSSR count). The first-order chi connectivity index (χ1) is 12.5. The Morgan fingerprint density at radius 2 is 2.00 bits per heavy atom. The van der Waals surface area contributed by atoms with Gasteiger partial charge in [-0.2, -0.15) is 0 Å². The number of carbonyl (C=O) groups is 2. The van der Waals surface area contributed by atoms with Crippen molar-refractivity contribution in [2.24, 2.45) is 0 Å². The van der Waals surface area contributed by atoms with Crippen LogP contribution in [0.25, 0.3) is 0 Å². The van der Waals surface area contributed by atoms with Crippen molar-refractivity contribution in [2.75, 3.05) is 19.8 Å². The SMILES string of the molecule is Cc1cc(OCCOC(=O)CCNC(=O)c2ccco2)ccc1C(C)C. The van der Waals surface area contributed by atoms with Gasteiger partial charge in [-0.3, -0.25) is 9.59 Å². The Hall–Kier alpha value is -2.76. The molecule has 26 heavy (non-hydrogen) atoms. The number of esters is 1. The van der Waals surface area contributed by atoms with E-state index in [1.54, 1.807) is 12.1 Å². The maximum atomic E-state index is 11.6. The second-order valence-corrected chi connectivity index (χ2v) is 6.23. The molecule has 0 aliphatic carbocycles. The van der Waals surface area contributed by atoms with Crippen LogP contribution in [0.2, 0.25) is 0 Å². The molecular weight excluding hydrogens is 334 g/mol. The lowest BCUT2D eigenvalue weighted by Crippen LogP contribution is -2.26. The number of hydrogen-bond donors (Lipinski definition) is 1. The van der Waals surface area contributed by atoms with Gasteiger partial charge in [0.25, 0.3) is 5.91 Å². The molecule has 2 aromatic rings. The summed E-state index contributed by atoms with van der Waals surface area (Å²) >= 11 is 0. The van der Waals surface area contributed by atoms with E-state index in [1.807, 2.05) is 12.1 Å². The fourth-order valence-corrected chi connectivity index (χ4v) is 2.55. The van der Waals surface area contributed by atoms with Crippen molar-refractivity contribution < 1.29 is 23.5 Å². The first kappa shape index (κ1) is 19.6. The highest BCUT2D eigenvalue weighted by Crippen LogP contribution is 2.23. The van der Waals surface area contributed by atoms with Crippen molar-refractivity contribution in [3.05, 3.63) is 53.5 Å². The van der Waals surface area contributed by atoms with Gasteiger partial charge >= 0.3 is 5.97 Å². The Kier molecular flexibility index (Phi) is 7.26. The molecule has 0 saturated heterocycles. The van der Waals surface area contributed by atoms with Crippen LogP contribution in [-0.2, 0) is 9.53 Å². The molecular formula is C20H25NO5. The van der Waals surface area contributed by atoms with E-state index < -0.39 is 0 Å². The van der Waals surface area contributed by atoms with E-state index in [4.69, 9.17) is 13.9 Å². The van der Waals surface area contributed by atoms with Crippen LogP contribution in [0.1, 0.15) is 47.9 Å². The highest BCUT2D eigenvalue weighted by atomic mass is 16.6. The Labute approximate surface area is 153 Å². The zero-order valence-corrected chi connectivity index (χ0v) is 15.4. The highest BCUT2D eigenvalue weighted by molar-refractivity contribution is 5.91. The van der Waals surface area contributed by atoms with Crippen molar-refractivity contribution in [3.8, 4) is 5.75 Å². The van der Waals surface area contributed by atoms with Crippen LogP contribution in [0, 0.1) is 6.92 Å². The van der Waals surface area contributed by atoms with E-state index in [2.05, 4.69) is 32.2 Å². The number of benzene rings is 1. The van der Waals surface area contributed by atoms with E-state index in [-0.39, 0.29) is 43.8 Å². The predicted molar refractivity (Wildman–Crippen MR) is 97.4 cm³/mol. The van der Waals surface area contributed by atoms with Crippen LogP contribution >= 0.6 is 0 Å². The van der Waals surface area contributed by atoms with Crippen molar-refractivity contribution in [1.29, 1.82) is 0 Å². The zero-order valence-electron chi connectivity index (χ0n) is 15.4. The minimum absolute atomic E-state index is 0.0919. The van der Waals surface area contributed by atoms with Gasteiger partial charge in [-0.1, -0.05) is 19.9 Å². The summed E-state index contributed by atoms with van der Waals surface area (Å²) in [4.78, 5) is 23.3. The second-order valence-electron chi connectivity index (χ2n) is 6.23. The first-order valence-corrected chi connectivity index (χ1v) is 8.68. The molecule has 0 spiro atoms. The number of amides is 1. The van der Waals surface area contributed by atoms with E-state index >= 15 is 0 Å². The number of ether oxygens (including phenoxy) is 2. The zero-order chi connectivity index (χ0) is 18.9. The van der Waals surface area contributed by atoms with Crippen molar-refractivity contribution in [2.45, 2.75) is 33.1 Å². The molecule has 0 aliphatic rings. The van der Waals surface area contributed by atoms with Crippen LogP contribution in [0.3, 0.4) is 0 Å². The molecule has 1 aromatic carbocycles. The molecule has 0 atom stereocenters. The van der Waals surface area contributed by atoms with E-state index in [1.165, 1.54) is 17.4 Å². The predicted octanol–water partition coefficient (Wildman–Crippen LogP) is 3.45. The van der Waals surface area contributed by atoms with E-state index in [0.29, 0.717) is 5.92 Å². The maximum absolute atomic E-state index is 11.6. The number of rotatable bonds is 9. The molecule has 1 aromatic heterocycles. The van der Waals surface area contributed by atoms with Crippen molar-refractivity contribution >= 4 is 11.9 Å². The molecule has 0 saturated carbocycles. The monoisotopic (exact) mass is 359 g/mol. The fraction of sp³-hybridized carbons (Fsp3) is 0.400. The average Bonchev–Trinajstić information content (AvgIpc) is 3.13. The standard InChI is InChI=1S/C20H25NO5/c1-14(2)17-7-6-16(13-15(17)3)24-11-12-26-19(22)8-9-21-20(23)18-5-4-10-25-18/h4-7,10,13-14H,8-9,11-12H2,1-3H3,(H,21,23). The normalized spacial score (nSPS) is 10.6. The molecule has 1 N–H and O–H groups in total. The van der Waals surface area contributed by atoms with Gasteiger partial charge in [-0.05, 0) is 48.2 Å². The fourth-order valence-electron chi connectivity index (χ4n) is 2.55. The molecule has 1 amide bonds. The molecule has 0 fully saturated rings. The Morgan fingerprint density at radius 1 is 1.19 bits per heavy atom. The number of aryl methyl sites for hydroxylation is 1. The summed E-state index contributed by atoms with van der Waals surface area (Å²) in [5.41, 5.74) is 2.47. The van der Waals surface area contributed by atoms with Gasteiger partial charge in [-0.25, -0.2) is 0 Å². The van der Waals surface area contributed by atoms with Crippen LogP contribution in [-0.4, -0.2) is 31.6 Å². The van der Waals surface area contributed by atoms with Crippen LogP contribution in [0.5, 0.6) is 5.75 Å². The second kappa shape index (κ2) is 9.65.